The summed E-state index contributed by atoms with van der Waals surface area (Å²) in [6.07, 6.45) is -3.82. The molecule has 0 saturated carbocycles. The molecule has 0 aliphatic rings. The van der Waals surface area contributed by atoms with E-state index in [0.717, 1.165) is 17.2 Å². The second kappa shape index (κ2) is 6.73. The Morgan fingerprint density at radius 1 is 1.04 bits per heavy atom. The van der Waals surface area contributed by atoms with E-state index in [0.29, 0.717) is 12.1 Å². The number of amides is 2. The summed E-state index contributed by atoms with van der Waals surface area (Å²) in [7, 11) is 0. The first kappa shape index (κ1) is 16.9. The zero-order valence-electron chi connectivity index (χ0n) is 12.8. The molecule has 0 saturated heterocycles. The van der Waals surface area contributed by atoms with E-state index in [4.69, 9.17) is 0 Å². The number of aryl methyl sites for hydroxylation is 2. The van der Waals surface area contributed by atoms with E-state index >= 15 is 0 Å². The van der Waals surface area contributed by atoms with Gasteiger partial charge in [-0.25, -0.2) is 4.79 Å². The summed E-state index contributed by atoms with van der Waals surface area (Å²) in [6, 6.07) is 9.74. The maximum absolute atomic E-state index is 12.9. The number of rotatable bonds is 3. The van der Waals surface area contributed by atoms with Crippen molar-refractivity contribution in [1.82, 2.24) is 0 Å². The van der Waals surface area contributed by atoms with E-state index in [1.54, 1.807) is 0 Å². The Balaban J connectivity index is 2.22. The molecule has 2 aromatic rings. The number of alkyl halides is 3. The molecule has 0 aliphatic carbocycles. The highest BCUT2D eigenvalue weighted by atomic mass is 19.4. The van der Waals surface area contributed by atoms with Gasteiger partial charge in [-0.15, -0.1) is 0 Å². The van der Waals surface area contributed by atoms with Gasteiger partial charge in [0.25, 0.3) is 0 Å². The molecular weight excluding hydrogens is 305 g/mol. The topological polar surface area (TPSA) is 41.1 Å². The second-order valence-corrected chi connectivity index (χ2v) is 5.09. The van der Waals surface area contributed by atoms with Crippen LogP contribution in [0.1, 0.15) is 23.6 Å². The number of hydrogen-bond acceptors (Lipinski definition) is 1. The van der Waals surface area contributed by atoms with Gasteiger partial charge in [0.15, 0.2) is 0 Å². The zero-order chi connectivity index (χ0) is 17.0. The van der Waals surface area contributed by atoms with Gasteiger partial charge in [-0.05, 0) is 36.6 Å². The van der Waals surface area contributed by atoms with Gasteiger partial charge in [0.2, 0.25) is 0 Å². The molecule has 2 rings (SSSR count). The number of benzene rings is 2. The van der Waals surface area contributed by atoms with E-state index in [1.165, 1.54) is 18.2 Å². The summed E-state index contributed by atoms with van der Waals surface area (Å²) < 4.78 is 38.8. The minimum absolute atomic E-state index is 0.274. The zero-order valence-corrected chi connectivity index (χ0v) is 12.8. The van der Waals surface area contributed by atoms with Crippen molar-refractivity contribution in [3.8, 4) is 0 Å². The SMILES string of the molecule is CCc1cccc(C)c1NC(=O)Nc1ccccc1C(F)(F)F. The molecule has 0 unspecified atom stereocenters. The molecule has 0 radical (unpaired) electrons. The van der Waals surface area contributed by atoms with Crippen LogP contribution in [0.5, 0.6) is 0 Å². The highest BCUT2D eigenvalue weighted by Crippen LogP contribution is 2.34. The molecule has 0 fully saturated rings. The number of para-hydroxylation sites is 2. The van der Waals surface area contributed by atoms with Crippen LogP contribution in [0, 0.1) is 6.92 Å². The molecule has 0 heterocycles. The van der Waals surface area contributed by atoms with Crippen LogP contribution >= 0.6 is 0 Å². The van der Waals surface area contributed by atoms with Gasteiger partial charge in [0, 0.05) is 5.69 Å². The summed E-state index contributed by atoms with van der Waals surface area (Å²) in [5.41, 5.74) is 1.24. The van der Waals surface area contributed by atoms with Crippen molar-refractivity contribution >= 4 is 17.4 Å². The number of carbonyl (C=O) groups excluding carboxylic acids is 1. The Bertz CT molecular complexity index is 711. The summed E-state index contributed by atoms with van der Waals surface area (Å²) in [5.74, 6) is 0. The maximum atomic E-state index is 12.9. The number of carbonyl (C=O) groups is 1. The molecule has 2 aromatic carbocycles. The molecule has 0 spiro atoms. The Morgan fingerprint density at radius 2 is 1.74 bits per heavy atom. The first-order valence-electron chi connectivity index (χ1n) is 7.15. The third-order valence-corrected chi connectivity index (χ3v) is 3.46. The van der Waals surface area contributed by atoms with Crippen LogP contribution in [-0.2, 0) is 12.6 Å². The third kappa shape index (κ3) is 4.03. The van der Waals surface area contributed by atoms with Crippen LogP contribution < -0.4 is 10.6 Å². The van der Waals surface area contributed by atoms with Crippen LogP contribution in [0.25, 0.3) is 0 Å². The lowest BCUT2D eigenvalue weighted by molar-refractivity contribution is -0.136. The van der Waals surface area contributed by atoms with Gasteiger partial charge in [-0.3, -0.25) is 0 Å². The number of nitrogens with one attached hydrogen (secondary N) is 2. The standard InChI is InChI=1S/C17H17F3N2O/c1-3-12-8-6-7-11(2)15(12)22-16(23)21-14-10-5-4-9-13(14)17(18,19)20/h4-10H,3H2,1-2H3,(H2,21,22,23). The molecular formula is C17H17F3N2O. The average molecular weight is 322 g/mol. The largest absolute Gasteiger partial charge is 0.418 e. The molecule has 23 heavy (non-hydrogen) atoms. The Hall–Kier alpha value is -2.50. The molecule has 3 nitrogen and oxygen atoms in total. The fourth-order valence-electron chi connectivity index (χ4n) is 2.31. The van der Waals surface area contributed by atoms with Gasteiger partial charge in [-0.1, -0.05) is 37.3 Å². The summed E-state index contributed by atoms with van der Waals surface area (Å²) in [5, 5.41) is 4.91. The first-order valence-corrected chi connectivity index (χ1v) is 7.15. The average Bonchev–Trinajstić information content (AvgIpc) is 2.48. The first-order chi connectivity index (χ1) is 10.8. The molecule has 0 bridgehead atoms. The highest BCUT2D eigenvalue weighted by Gasteiger charge is 2.33. The van der Waals surface area contributed by atoms with Crippen LogP contribution in [0.15, 0.2) is 42.5 Å². The van der Waals surface area contributed by atoms with Crippen molar-refractivity contribution in [3.63, 3.8) is 0 Å². The Labute approximate surface area is 132 Å². The quantitative estimate of drug-likeness (QED) is 0.799. The highest BCUT2D eigenvalue weighted by molar-refractivity contribution is 6.01. The van der Waals surface area contributed by atoms with Crippen molar-refractivity contribution < 1.29 is 18.0 Å². The summed E-state index contributed by atoms with van der Waals surface area (Å²) in [6.45, 7) is 3.77. The lowest BCUT2D eigenvalue weighted by atomic mass is 10.1. The minimum atomic E-state index is -4.53. The van der Waals surface area contributed by atoms with Gasteiger partial charge >= 0.3 is 12.2 Å². The normalized spacial score (nSPS) is 11.2. The lowest BCUT2D eigenvalue weighted by Gasteiger charge is -2.16. The minimum Gasteiger partial charge on any atom is -0.307 e. The summed E-state index contributed by atoms with van der Waals surface area (Å²) in [4.78, 5) is 12.1. The number of halogens is 3. The molecule has 2 N–H and O–H groups in total. The second-order valence-electron chi connectivity index (χ2n) is 5.09. The number of anilines is 2. The van der Waals surface area contributed by atoms with E-state index in [1.807, 2.05) is 32.0 Å². The number of urea groups is 1. The molecule has 0 aliphatic heterocycles. The van der Waals surface area contributed by atoms with E-state index in [2.05, 4.69) is 10.6 Å². The van der Waals surface area contributed by atoms with Crippen molar-refractivity contribution in [2.24, 2.45) is 0 Å². The molecule has 122 valence electrons. The predicted molar refractivity (Wildman–Crippen MR) is 84.6 cm³/mol. The number of hydrogen-bond donors (Lipinski definition) is 2. The molecule has 2 amide bonds. The van der Waals surface area contributed by atoms with Gasteiger partial charge in [-0.2, -0.15) is 13.2 Å². The van der Waals surface area contributed by atoms with Crippen LogP contribution in [0.4, 0.5) is 29.3 Å². The monoisotopic (exact) mass is 322 g/mol. The lowest BCUT2D eigenvalue weighted by Crippen LogP contribution is -2.23. The van der Waals surface area contributed by atoms with Gasteiger partial charge in [0.1, 0.15) is 0 Å². The fourth-order valence-corrected chi connectivity index (χ4v) is 2.31. The third-order valence-electron chi connectivity index (χ3n) is 3.46. The van der Waals surface area contributed by atoms with E-state index in [-0.39, 0.29) is 5.69 Å². The van der Waals surface area contributed by atoms with Crippen molar-refractivity contribution in [2.75, 3.05) is 10.6 Å². The fraction of sp³-hybridized carbons (Fsp3) is 0.235. The van der Waals surface area contributed by atoms with Crippen molar-refractivity contribution in [3.05, 3.63) is 59.2 Å². The Morgan fingerprint density at radius 3 is 2.39 bits per heavy atom. The molecule has 6 heteroatoms. The molecule has 0 aromatic heterocycles. The van der Waals surface area contributed by atoms with E-state index < -0.39 is 17.8 Å². The van der Waals surface area contributed by atoms with Crippen LogP contribution in [0.3, 0.4) is 0 Å². The predicted octanol–water partition coefficient (Wildman–Crippen LogP) is 5.22. The van der Waals surface area contributed by atoms with Crippen molar-refractivity contribution in [2.45, 2.75) is 26.4 Å². The van der Waals surface area contributed by atoms with Gasteiger partial charge in [0.05, 0.1) is 11.3 Å². The van der Waals surface area contributed by atoms with Crippen molar-refractivity contribution in [1.29, 1.82) is 0 Å². The Kier molecular flexibility index (Phi) is 4.93. The molecule has 0 atom stereocenters. The van der Waals surface area contributed by atoms with Crippen LogP contribution in [0.2, 0.25) is 0 Å². The summed E-state index contributed by atoms with van der Waals surface area (Å²) >= 11 is 0. The van der Waals surface area contributed by atoms with E-state index in [9.17, 15) is 18.0 Å². The van der Waals surface area contributed by atoms with Gasteiger partial charge < -0.3 is 10.6 Å². The maximum Gasteiger partial charge on any atom is 0.418 e. The van der Waals surface area contributed by atoms with Crippen LogP contribution in [-0.4, -0.2) is 6.03 Å². The smallest absolute Gasteiger partial charge is 0.307 e.